The Balaban J connectivity index is 0.000000786. The number of carbonyl (C=O) groups is 8. The Morgan fingerprint density at radius 1 is 0.310 bits per heavy atom. The summed E-state index contributed by atoms with van der Waals surface area (Å²) in [7, 11) is 0. The van der Waals surface area contributed by atoms with Crippen molar-refractivity contribution in [2.45, 2.75) is 345 Å². The SMILES string of the molecule is CC(=O)OCC1OC(O)C(OC(C)=O)C(OC(C)=O)C1OC(C)=O.CC(=O)OCC1OC(OCCC(C)CCC[C@H](C)CCC[C@H](C)CCCC(C)C)C(OC(C)=O)C(OC(C)=O)C1OC(C)=O.CC(C)CCC[C@@H](C)CCC[C@@H](C)CCCC(C)CCOC1OC(CO)C(O)C(O)C1O. The van der Waals surface area contributed by atoms with E-state index in [1.54, 1.807) is 0 Å². The van der Waals surface area contributed by atoms with Gasteiger partial charge in [-0.2, -0.15) is 0 Å². The average molecular weight is 1440 g/mol. The minimum absolute atomic E-state index is 0.274. The molecule has 0 aromatic rings. The molecule has 26 nitrogen and oxygen atoms in total. The minimum atomic E-state index is -1.68. The third kappa shape index (κ3) is 41.0. The zero-order valence-corrected chi connectivity index (χ0v) is 63.8. The van der Waals surface area contributed by atoms with Gasteiger partial charge in [0.15, 0.2) is 55.5 Å². The fraction of sp³-hybridized carbons (Fsp3) is 0.892. The van der Waals surface area contributed by atoms with Crippen molar-refractivity contribution in [3.63, 3.8) is 0 Å². The summed E-state index contributed by atoms with van der Waals surface area (Å²) in [5.41, 5.74) is 0. The molecule has 0 radical (unpaired) electrons. The van der Waals surface area contributed by atoms with Crippen molar-refractivity contribution in [2.24, 2.45) is 47.3 Å². The number of rotatable bonds is 43. The second-order valence-corrected chi connectivity index (χ2v) is 29.2. The topological polar surface area (TPSA) is 358 Å². The van der Waals surface area contributed by atoms with Crippen molar-refractivity contribution in [1.82, 2.24) is 0 Å². The van der Waals surface area contributed by atoms with Gasteiger partial charge in [0.1, 0.15) is 49.8 Å². The second-order valence-electron chi connectivity index (χ2n) is 29.2. The molecule has 0 saturated carbocycles. The van der Waals surface area contributed by atoms with E-state index in [-0.39, 0.29) is 13.2 Å². The smallest absolute Gasteiger partial charge is 0.303 e. The predicted molar refractivity (Wildman–Crippen MR) is 369 cm³/mol. The van der Waals surface area contributed by atoms with Crippen LogP contribution in [-0.2, 0) is 99.9 Å². The van der Waals surface area contributed by atoms with Gasteiger partial charge in [-0.05, 0) is 60.2 Å². The third-order valence-electron chi connectivity index (χ3n) is 18.1. The van der Waals surface area contributed by atoms with Crippen molar-refractivity contribution in [3.8, 4) is 0 Å². The van der Waals surface area contributed by atoms with Crippen LogP contribution in [0.3, 0.4) is 0 Å². The standard InChI is InChI=1S/C34H60O10.C26H52O6.C14H20O10/c1-22(2)13-10-14-23(3)15-11-16-24(4)17-12-18-25(5)19-20-39-34-33(43-29(9)38)32(42-28(8)37)31(41-27(7)36)30(44-34)21-40-26(6)35;1-18(2)9-6-10-19(3)11-7-12-20(4)13-8-14-21(5)15-16-31-26-25(30)24(29)23(28)22(17-27)32-26;1-6(15)20-5-10-11(21-7(2)16)12(22-8(3)17)13(14(19)24-10)23-9(4)18/h22-25,30-34H,10-21H2,1-9H3;18-30H,6-17H2,1-5H3;10-14,19H,5H2,1-4H3/t23-,24-,25?,30?,31?,32?,33?,34?;19-,20-,21?,22?,23?,24?,25?,26?;/m11./s1. The highest BCUT2D eigenvalue weighted by Gasteiger charge is 2.54. The molecule has 0 spiro atoms. The Kier molecular flexibility index (Phi) is 48.1. The molecule has 100 heavy (non-hydrogen) atoms. The van der Waals surface area contributed by atoms with Gasteiger partial charge < -0.3 is 87.1 Å². The number of hydrogen-bond donors (Lipinski definition) is 5. The van der Waals surface area contributed by atoms with Crippen molar-refractivity contribution >= 4 is 47.8 Å². The van der Waals surface area contributed by atoms with E-state index >= 15 is 0 Å². The first-order valence-corrected chi connectivity index (χ1v) is 36.8. The number of hydrogen-bond acceptors (Lipinski definition) is 26. The van der Waals surface area contributed by atoms with E-state index in [2.05, 4.69) is 69.2 Å². The zero-order chi connectivity index (χ0) is 75.8. The van der Waals surface area contributed by atoms with Crippen LogP contribution in [0.25, 0.3) is 0 Å². The highest BCUT2D eigenvalue weighted by atomic mass is 16.7. The van der Waals surface area contributed by atoms with Gasteiger partial charge in [0.25, 0.3) is 0 Å². The van der Waals surface area contributed by atoms with E-state index < -0.39 is 146 Å². The third-order valence-corrected chi connectivity index (χ3v) is 18.1. The monoisotopic (exact) mass is 1440 g/mol. The highest BCUT2D eigenvalue weighted by Crippen LogP contribution is 2.33. The Morgan fingerprint density at radius 2 is 0.590 bits per heavy atom. The van der Waals surface area contributed by atoms with Crippen molar-refractivity contribution in [2.75, 3.05) is 33.0 Å². The first kappa shape index (κ1) is 93.4. The molecule has 584 valence electrons. The van der Waals surface area contributed by atoms with Crippen LogP contribution >= 0.6 is 0 Å². The number of carbonyl (C=O) groups excluding carboxylic acids is 8. The van der Waals surface area contributed by atoms with E-state index in [9.17, 15) is 63.9 Å². The largest absolute Gasteiger partial charge is 0.463 e. The van der Waals surface area contributed by atoms with Gasteiger partial charge in [-0.3, -0.25) is 38.4 Å². The van der Waals surface area contributed by atoms with Crippen LogP contribution < -0.4 is 0 Å². The highest BCUT2D eigenvalue weighted by molar-refractivity contribution is 5.70. The molecule has 0 aromatic heterocycles. The lowest BCUT2D eigenvalue weighted by molar-refractivity contribution is -0.308. The molecule has 21 atom stereocenters. The van der Waals surface area contributed by atoms with E-state index in [0.717, 1.165) is 89.4 Å². The molecular formula is C74H132O26. The molecule has 3 aliphatic heterocycles. The van der Waals surface area contributed by atoms with Crippen molar-refractivity contribution in [3.05, 3.63) is 0 Å². The van der Waals surface area contributed by atoms with E-state index in [1.165, 1.54) is 124 Å². The molecule has 3 rings (SSSR count). The van der Waals surface area contributed by atoms with Gasteiger partial charge >= 0.3 is 47.8 Å². The maximum atomic E-state index is 12.0. The number of ether oxygens (including phenoxy) is 13. The summed E-state index contributed by atoms with van der Waals surface area (Å²) in [6.07, 6.45) is 6.11. The van der Waals surface area contributed by atoms with Crippen LogP contribution in [0, 0.1) is 47.3 Å². The van der Waals surface area contributed by atoms with Crippen LogP contribution in [-0.4, -0.2) is 198 Å². The summed E-state index contributed by atoms with van der Waals surface area (Å²) < 4.78 is 69.5. The molecule has 0 amide bonds. The molecule has 17 unspecified atom stereocenters. The molecule has 3 fully saturated rings. The molecule has 3 aliphatic rings. The normalized spacial score (nSPS) is 26.9. The Bertz CT molecular complexity index is 2300. The number of aliphatic hydroxyl groups is 5. The molecular weight excluding hydrogens is 1300 g/mol. The van der Waals surface area contributed by atoms with E-state index in [4.69, 9.17) is 61.6 Å². The average Bonchev–Trinajstić information content (AvgIpc) is 0.796. The minimum Gasteiger partial charge on any atom is -0.463 e. The van der Waals surface area contributed by atoms with Crippen LogP contribution in [0.15, 0.2) is 0 Å². The Morgan fingerprint density at radius 3 is 0.920 bits per heavy atom. The molecule has 0 aliphatic carbocycles. The summed E-state index contributed by atoms with van der Waals surface area (Å²) in [6, 6.07) is 0. The Labute approximate surface area is 596 Å². The molecule has 26 heteroatoms. The molecule has 3 saturated heterocycles. The maximum Gasteiger partial charge on any atom is 0.303 e. The van der Waals surface area contributed by atoms with Gasteiger partial charge in [0, 0.05) is 55.4 Å². The van der Waals surface area contributed by atoms with Crippen molar-refractivity contribution in [1.29, 1.82) is 0 Å². The van der Waals surface area contributed by atoms with Gasteiger partial charge in [0.2, 0.25) is 0 Å². The Hall–Kier alpha value is -4.64. The van der Waals surface area contributed by atoms with Crippen LogP contribution in [0.5, 0.6) is 0 Å². The van der Waals surface area contributed by atoms with Crippen LogP contribution in [0.2, 0.25) is 0 Å². The summed E-state index contributed by atoms with van der Waals surface area (Å²) in [6.45, 7) is 32.0. The number of aliphatic hydroxyl groups excluding tert-OH is 5. The quantitative estimate of drug-likeness (QED) is 0.0280. The molecule has 5 N–H and O–H groups in total. The molecule has 0 aromatic carbocycles. The van der Waals surface area contributed by atoms with Gasteiger partial charge in [-0.15, -0.1) is 0 Å². The van der Waals surface area contributed by atoms with E-state index in [1.807, 2.05) is 0 Å². The lowest BCUT2D eigenvalue weighted by Gasteiger charge is -2.44. The lowest BCUT2D eigenvalue weighted by atomic mass is 9.91. The summed E-state index contributed by atoms with van der Waals surface area (Å²) in [5.74, 6) is 0.243. The predicted octanol–water partition coefficient (Wildman–Crippen LogP) is 9.88. The molecule has 3 heterocycles. The number of esters is 8. The fourth-order valence-corrected chi connectivity index (χ4v) is 12.4. The zero-order valence-electron chi connectivity index (χ0n) is 63.8. The van der Waals surface area contributed by atoms with E-state index in [0.29, 0.717) is 31.0 Å². The molecule has 0 bridgehead atoms. The first-order valence-electron chi connectivity index (χ1n) is 36.8. The first-order chi connectivity index (χ1) is 46.9. The van der Waals surface area contributed by atoms with Gasteiger partial charge in [-0.1, -0.05) is 185 Å². The van der Waals surface area contributed by atoms with Crippen LogP contribution in [0.1, 0.15) is 253 Å². The summed E-state index contributed by atoms with van der Waals surface area (Å²) in [5, 5.41) is 48.9. The van der Waals surface area contributed by atoms with Gasteiger partial charge in [0.05, 0.1) is 19.8 Å². The summed E-state index contributed by atoms with van der Waals surface area (Å²) >= 11 is 0. The fourth-order valence-electron chi connectivity index (χ4n) is 12.4. The lowest BCUT2D eigenvalue weighted by Crippen LogP contribution is -2.63. The van der Waals surface area contributed by atoms with Crippen molar-refractivity contribution < 1.29 is 125 Å². The van der Waals surface area contributed by atoms with Crippen LogP contribution in [0.4, 0.5) is 0 Å². The summed E-state index contributed by atoms with van der Waals surface area (Å²) in [4.78, 5) is 92.2. The van der Waals surface area contributed by atoms with Gasteiger partial charge in [-0.25, -0.2) is 0 Å². The second kappa shape index (κ2) is 51.5. The maximum absolute atomic E-state index is 12.0.